The topological polar surface area (TPSA) is 98.6 Å². The summed E-state index contributed by atoms with van der Waals surface area (Å²) in [4.78, 5) is 13.0. The predicted molar refractivity (Wildman–Crippen MR) is 120 cm³/mol. The van der Waals surface area contributed by atoms with Crippen LogP contribution in [0.3, 0.4) is 0 Å². The number of aliphatic hydroxyl groups is 1. The summed E-state index contributed by atoms with van der Waals surface area (Å²) >= 11 is 0. The molecule has 0 saturated carbocycles. The summed E-state index contributed by atoms with van der Waals surface area (Å²) < 4.78 is 5.73. The SMILES string of the molecule is N#Cc1ccccc1-c1ccc(C=NNC(=O)C(O)(c2ccccc2)c2ccccc2)o1. The Morgan fingerprint density at radius 3 is 2.12 bits per heavy atom. The molecule has 0 aliphatic carbocycles. The molecule has 0 bridgehead atoms. The molecule has 0 spiro atoms. The molecule has 4 aromatic rings. The Balaban J connectivity index is 1.56. The van der Waals surface area contributed by atoms with Crippen molar-refractivity contribution in [2.75, 3.05) is 0 Å². The fraction of sp³-hybridized carbons (Fsp3) is 0.0385. The van der Waals surface area contributed by atoms with Crippen molar-refractivity contribution < 1.29 is 14.3 Å². The molecule has 0 radical (unpaired) electrons. The predicted octanol–water partition coefficient (Wildman–Crippen LogP) is 4.20. The zero-order valence-corrected chi connectivity index (χ0v) is 17.0. The molecular formula is C26H19N3O3. The minimum atomic E-state index is -1.92. The van der Waals surface area contributed by atoms with E-state index in [-0.39, 0.29) is 0 Å². The van der Waals surface area contributed by atoms with Crippen molar-refractivity contribution in [1.29, 1.82) is 5.26 Å². The summed E-state index contributed by atoms with van der Waals surface area (Å²) in [6.07, 6.45) is 1.34. The van der Waals surface area contributed by atoms with Gasteiger partial charge in [0.2, 0.25) is 0 Å². The highest BCUT2D eigenvalue weighted by molar-refractivity contribution is 5.91. The first-order valence-electron chi connectivity index (χ1n) is 9.89. The number of nitrogens with one attached hydrogen (secondary N) is 1. The van der Waals surface area contributed by atoms with Crippen LogP contribution in [0.4, 0.5) is 0 Å². The second-order valence-corrected chi connectivity index (χ2v) is 7.00. The second kappa shape index (κ2) is 9.13. The largest absolute Gasteiger partial charge is 0.455 e. The monoisotopic (exact) mass is 421 g/mol. The summed E-state index contributed by atoms with van der Waals surface area (Å²) in [7, 11) is 0. The Hall–Kier alpha value is -4.47. The number of rotatable bonds is 6. The van der Waals surface area contributed by atoms with Crippen molar-refractivity contribution in [2.45, 2.75) is 5.60 Å². The number of furan rings is 1. The molecule has 0 fully saturated rings. The van der Waals surface area contributed by atoms with E-state index >= 15 is 0 Å². The van der Waals surface area contributed by atoms with Gasteiger partial charge in [-0.1, -0.05) is 72.8 Å². The van der Waals surface area contributed by atoms with Gasteiger partial charge in [0.25, 0.3) is 5.91 Å². The Morgan fingerprint density at radius 1 is 0.906 bits per heavy atom. The van der Waals surface area contributed by atoms with Gasteiger partial charge in [-0.2, -0.15) is 10.4 Å². The molecule has 0 aliphatic rings. The van der Waals surface area contributed by atoms with E-state index in [1.54, 1.807) is 78.9 Å². The number of hydrogen-bond donors (Lipinski definition) is 2. The van der Waals surface area contributed by atoms with Crippen LogP contribution >= 0.6 is 0 Å². The lowest BCUT2D eigenvalue weighted by atomic mass is 9.85. The maximum absolute atomic E-state index is 13.0. The normalized spacial score (nSPS) is 11.2. The first-order chi connectivity index (χ1) is 15.6. The number of carbonyl (C=O) groups excluding carboxylic acids is 1. The summed E-state index contributed by atoms with van der Waals surface area (Å²) in [5.41, 5.74) is 2.50. The number of amides is 1. The zero-order valence-electron chi connectivity index (χ0n) is 17.0. The van der Waals surface area contributed by atoms with E-state index in [1.807, 2.05) is 18.2 Å². The van der Waals surface area contributed by atoms with Crippen LogP contribution in [0, 0.1) is 11.3 Å². The lowest BCUT2D eigenvalue weighted by Crippen LogP contribution is -2.43. The number of hydrazone groups is 1. The minimum absolute atomic E-state index is 0.385. The Bertz CT molecular complexity index is 1250. The van der Waals surface area contributed by atoms with Gasteiger partial charge in [-0.3, -0.25) is 4.79 Å². The molecule has 4 rings (SSSR count). The van der Waals surface area contributed by atoms with Crippen LogP contribution in [0.25, 0.3) is 11.3 Å². The van der Waals surface area contributed by atoms with Gasteiger partial charge in [0.1, 0.15) is 11.5 Å². The maximum atomic E-state index is 13.0. The van der Waals surface area contributed by atoms with Crippen molar-refractivity contribution >= 4 is 12.1 Å². The zero-order chi connectivity index (χ0) is 22.4. The average Bonchev–Trinajstić information content (AvgIpc) is 3.33. The van der Waals surface area contributed by atoms with Gasteiger partial charge in [0.15, 0.2) is 5.60 Å². The molecule has 2 N–H and O–H groups in total. The minimum Gasteiger partial charge on any atom is -0.455 e. The molecule has 156 valence electrons. The van der Waals surface area contributed by atoms with Crippen LogP contribution < -0.4 is 5.43 Å². The van der Waals surface area contributed by atoms with Gasteiger partial charge < -0.3 is 9.52 Å². The standard InChI is InChI=1S/C26H19N3O3/c27-17-19-9-7-8-14-23(19)24-16-15-22(32-24)18-28-29-25(30)26(31,20-10-3-1-4-11-20)21-12-5-2-6-13-21/h1-16,18,31H,(H,29,30). The Morgan fingerprint density at radius 2 is 1.50 bits per heavy atom. The Kier molecular flexibility index (Phi) is 5.93. The van der Waals surface area contributed by atoms with E-state index < -0.39 is 11.5 Å². The van der Waals surface area contributed by atoms with Gasteiger partial charge >= 0.3 is 0 Å². The molecule has 3 aromatic carbocycles. The Labute approximate surface area is 185 Å². The fourth-order valence-corrected chi connectivity index (χ4v) is 3.39. The highest BCUT2D eigenvalue weighted by atomic mass is 16.3. The number of nitrogens with zero attached hydrogens (tertiary/aromatic N) is 2. The van der Waals surface area contributed by atoms with Gasteiger partial charge in [-0.15, -0.1) is 0 Å². The second-order valence-electron chi connectivity index (χ2n) is 7.00. The van der Waals surface area contributed by atoms with E-state index in [0.717, 1.165) is 0 Å². The highest BCUT2D eigenvalue weighted by Crippen LogP contribution is 2.30. The van der Waals surface area contributed by atoms with Gasteiger partial charge in [0.05, 0.1) is 17.8 Å². The number of carbonyl (C=O) groups is 1. The fourth-order valence-electron chi connectivity index (χ4n) is 3.39. The van der Waals surface area contributed by atoms with Crippen LogP contribution in [0.15, 0.2) is 107 Å². The van der Waals surface area contributed by atoms with Crippen LogP contribution in [-0.4, -0.2) is 17.2 Å². The maximum Gasteiger partial charge on any atom is 0.281 e. The average molecular weight is 421 g/mol. The van der Waals surface area contributed by atoms with E-state index in [1.165, 1.54) is 6.21 Å². The first-order valence-corrected chi connectivity index (χ1v) is 9.89. The van der Waals surface area contributed by atoms with Crippen molar-refractivity contribution in [1.82, 2.24) is 5.43 Å². The van der Waals surface area contributed by atoms with Crippen LogP contribution in [-0.2, 0) is 10.4 Å². The lowest BCUT2D eigenvalue weighted by molar-refractivity contribution is -0.136. The quantitative estimate of drug-likeness (QED) is 0.360. The van der Waals surface area contributed by atoms with Gasteiger partial charge in [-0.25, -0.2) is 5.43 Å². The van der Waals surface area contributed by atoms with Crippen molar-refractivity contribution in [3.63, 3.8) is 0 Å². The smallest absolute Gasteiger partial charge is 0.281 e. The van der Waals surface area contributed by atoms with E-state index in [4.69, 9.17) is 4.42 Å². The van der Waals surface area contributed by atoms with E-state index in [2.05, 4.69) is 16.6 Å². The van der Waals surface area contributed by atoms with Crippen molar-refractivity contribution in [3.8, 4) is 17.4 Å². The third kappa shape index (κ3) is 4.06. The summed E-state index contributed by atoms with van der Waals surface area (Å²) in [5, 5.41) is 24.6. The number of benzene rings is 3. The lowest BCUT2D eigenvalue weighted by Gasteiger charge is -2.26. The summed E-state index contributed by atoms with van der Waals surface area (Å²) in [6.45, 7) is 0. The molecule has 6 nitrogen and oxygen atoms in total. The highest BCUT2D eigenvalue weighted by Gasteiger charge is 2.39. The third-order valence-electron chi connectivity index (χ3n) is 5.01. The molecule has 1 aromatic heterocycles. The molecule has 0 aliphatic heterocycles. The van der Waals surface area contributed by atoms with E-state index in [0.29, 0.717) is 33.8 Å². The molecule has 0 atom stereocenters. The molecule has 6 heteroatoms. The first kappa shape index (κ1) is 20.8. The number of hydrogen-bond acceptors (Lipinski definition) is 5. The molecule has 1 heterocycles. The number of nitriles is 1. The van der Waals surface area contributed by atoms with Gasteiger partial charge in [-0.05, 0) is 35.4 Å². The molecule has 0 saturated heterocycles. The van der Waals surface area contributed by atoms with E-state index in [9.17, 15) is 15.2 Å². The molecule has 1 amide bonds. The van der Waals surface area contributed by atoms with Crippen LogP contribution in [0.5, 0.6) is 0 Å². The van der Waals surface area contributed by atoms with Crippen LogP contribution in [0.2, 0.25) is 0 Å². The van der Waals surface area contributed by atoms with Crippen molar-refractivity contribution in [2.24, 2.45) is 5.10 Å². The summed E-state index contributed by atoms with van der Waals surface area (Å²) in [6, 6.07) is 30.0. The molecular weight excluding hydrogens is 402 g/mol. The van der Waals surface area contributed by atoms with Crippen molar-refractivity contribution in [3.05, 3.63) is 120 Å². The molecule has 0 unspecified atom stereocenters. The van der Waals surface area contributed by atoms with Gasteiger partial charge in [0, 0.05) is 5.56 Å². The third-order valence-corrected chi connectivity index (χ3v) is 5.01. The van der Waals surface area contributed by atoms with Crippen LogP contribution in [0.1, 0.15) is 22.5 Å². The summed E-state index contributed by atoms with van der Waals surface area (Å²) in [5.74, 6) is 0.198. The molecule has 32 heavy (non-hydrogen) atoms.